The van der Waals surface area contributed by atoms with Crippen LogP contribution in [0.15, 0.2) is 24.5 Å². The van der Waals surface area contributed by atoms with Crippen molar-refractivity contribution in [3.05, 3.63) is 34.8 Å². The van der Waals surface area contributed by atoms with E-state index in [4.69, 9.17) is 11.6 Å². The minimum absolute atomic E-state index is 0.512. The Morgan fingerprint density at radius 3 is 3.09 bits per heavy atom. The van der Waals surface area contributed by atoms with Gasteiger partial charge >= 0.3 is 0 Å². The van der Waals surface area contributed by atoms with E-state index in [2.05, 4.69) is 4.98 Å². The van der Waals surface area contributed by atoms with Gasteiger partial charge in [0.05, 0.1) is 17.4 Å². The molecule has 2 aromatic rings. The summed E-state index contributed by atoms with van der Waals surface area (Å²) in [5.74, 6) is 0. The van der Waals surface area contributed by atoms with Crippen molar-refractivity contribution in [2.45, 2.75) is 0 Å². The summed E-state index contributed by atoms with van der Waals surface area (Å²) in [5.41, 5.74) is 1.18. The molecule has 11 heavy (non-hydrogen) atoms. The van der Waals surface area contributed by atoms with E-state index >= 15 is 0 Å². The Morgan fingerprint density at radius 2 is 2.27 bits per heavy atom. The molecule has 3 nitrogen and oxygen atoms in total. The highest BCUT2D eigenvalue weighted by molar-refractivity contribution is 6.31. The molecule has 4 heteroatoms. The van der Waals surface area contributed by atoms with Crippen molar-refractivity contribution >= 4 is 22.6 Å². The van der Waals surface area contributed by atoms with Crippen LogP contribution in [0.1, 0.15) is 0 Å². The van der Waals surface area contributed by atoms with E-state index in [-0.39, 0.29) is 0 Å². The fraction of sp³-hybridized carbons (Fsp3) is 0. The van der Waals surface area contributed by atoms with Crippen molar-refractivity contribution in [3.8, 4) is 0 Å². The number of fused-ring (bicyclic) bond motifs is 1. The average Bonchev–Trinajstić information content (AvgIpc) is 2.33. The molecule has 1 heterocycles. The molecule has 56 valence electrons. The molecule has 0 N–H and O–H groups in total. The van der Waals surface area contributed by atoms with Gasteiger partial charge in [-0.2, -0.15) is 0 Å². The molecule has 0 aliphatic heterocycles. The van der Waals surface area contributed by atoms with E-state index in [1.807, 2.05) is 0 Å². The summed E-state index contributed by atoms with van der Waals surface area (Å²) < 4.78 is 0.696. The lowest BCUT2D eigenvalue weighted by atomic mass is 10.3. The Balaban J connectivity index is 2.87. The zero-order valence-electron chi connectivity index (χ0n) is 5.49. The van der Waals surface area contributed by atoms with E-state index in [1.165, 1.54) is 6.33 Å². The summed E-state index contributed by atoms with van der Waals surface area (Å²) in [6.45, 7) is 0. The third-order valence-corrected chi connectivity index (χ3v) is 1.71. The van der Waals surface area contributed by atoms with Crippen molar-refractivity contribution in [1.82, 2.24) is 9.71 Å². The topological polar surface area (TPSA) is 40.9 Å². The van der Waals surface area contributed by atoms with Crippen LogP contribution in [0.3, 0.4) is 0 Å². The van der Waals surface area contributed by atoms with Gasteiger partial charge in [-0.15, -0.1) is 0 Å². The SMILES string of the molecule is [O-]n1cnc2ccc(Cl)cc21. The molecular weight excluding hydrogens is 164 g/mol. The molecule has 1 aromatic heterocycles. The highest BCUT2D eigenvalue weighted by Crippen LogP contribution is 2.17. The van der Waals surface area contributed by atoms with Crippen molar-refractivity contribution < 1.29 is 0 Å². The number of hydrogen-bond acceptors (Lipinski definition) is 2. The maximum Gasteiger partial charge on any atom is 0.0911 e. The van der Waals surface area contributed by atoms with Crippen LogP contribution >= 0.6 is 11.6 Å². The molecule has 0 amide bonds. The molecule has 0 radical (unpaired) electrons. The molecule has 0 atom stereocenters. The lowest BCUT2D eigenvalue weighted by molar-refractivity contribution is 1.11. The summed E-state index contributed by atoms with van der Waals surface area (Å²) in [7, 11) is 0. The number of hydrogen-bond donors (Lipinski definition) is 0. The lowest BCUT2D eigenvalue weighted by Crippen LogP contribution is -1.79. The van der Waals surface area contributed by atoms with Crippen LogP contribution in [0.25, 0.3) is 11.0 Å². The standard InChI is InChI=1S/C7H4ClN2O/c8-5-1-2-6-7(3-5)10(11)4-9-6/h1-4H/q-1. The van der Waals surface area contributed by atoms with Crippen molar-refractivity contribution in [3.63, 3.8) is 0 Å². The fourth-order valence-electron chi connectivity index (χ4n) is 0.959. The zero-order chi connectivity index (χ0) is 7.84. The van der Waals surface area contributed by atoms with Gasteiger partial charge in [0.15, 0.2) is 0 Å². The quantitative estimate of drug-likeness (QED) is 0.603. The number of halogens is 1. The zero-order valence-corrected chi connectivity index (χ0v) is 6.25. The Hall–Kier alpha value is -1.22. The van der Waals surface area contributed by atoms with Crippen LogP contribution in [0, 0.1) is 5.21 Å². The van der Waals surface area contributed by atoms with Gasteiger partial charge in [-0.25, -0.2) is 4.98 Å². The molecule has 0 unspecified atom stereocenters. The Kier molecular flexibility index (Phi) is 1.26. The molecule has 2 rings (SSSR count). The molecule has 0 bridgehead atoms. The van der Waals surface area contributed by atoms with Gasteiger partial charge in [-0.1, -0.05) is 11.6 Å². The van der Waals surface area contributed by atoms with Gasteiger partial charge < -0.3 is 9.94 Å². The van der Waals surface area contributed by atoms with Gasteiger partial charge in [0.1, 0.15) is 0 Å². The smallest absolute Gasteiger partial charge is 0.0911 e. The lowest BCUT2D eigenvalue weighted by Gasteiger charge is -2.04. The number of benzene rings is 1. The number of aromatic nitrogens is 2. The second-order valence-corrected chi connectivity index (χ2v) is 2.64. The van der Waals surface area contributed by atoms with Crippen LogP contribution in [0.2, 0.25) is 5.02 Å². The first-order valence-corrected chi connectivity index (χ1v) is 3.45. The van der Waals surface area contributed by atoms with Crippen molar-refractivity contribution in [1.29, 1.82) is 0 Å². The van der Waals surface area contributed by atoms with Gasteiger partial charge in [-0.05, 0) is 18.2 Å². The van der Waals surface area contributed by atoms with Crippen LogP contribution in [-0.4, -0.2) is 9.71 Å². The normalized spacial score (nSPS) is 10.6. The molecule has 0 aliphatic rings. The van der Waals surface area contributed by atoms with E-state index in [0.717, 1.165) is 0 Å². The van der Waals surface area contributed by atoms with Gasteiger partial charge in [0.2, 0.25) is 0 Å². The number of nitrogens with zero attached hydrogens (tertiary/aromatic N) is 2. The van der Waals surface area contributed by atoms with E-state index in [9.17, 15) is 5.21 Å². The largest absolute Gasteiger partial charge is 0.805 e. The minimum atomic E-state index is 0.512. The molecule has 0 saturated heterocycles. The first-order valence-electron chi connectivity index (χ1n) is 3.07. The predicted molar refractivity (Wildman–Crippen MR) is 43.5 cm³/mol. The van der Waals surface area contributed by atoms with Gasteiger partial charge in [0, 0.05) is 5.02 Å². The Labute approximate surface area is 67.8 Å². The molecule has 0 fully saturated rings. The fourth-order valence-corrected chi connectivity index (χ4v) is 1.13. The van der Waals surface area contributed by atoms with Crippen LogP contribution < -0.4 is 0 Å². The predicted octanol–water partition coefficient (Wildman–Crippen LogP) is 2.04. The first-order chi connectivity index (χ1) is 5.27. The average molecular weight is 168 g/mol. The number of imidazole rings is 1. The molecular formula is C7H4ClN2O-. The van der Waals surface area contributed by atoms with E-state index in [1.54, 1.807) is 18.2 Å². The van der Waals surface area contributed by atoms with Gasteiger partial charge in [0.25, 0.3) is 0 Å². The molecule has 0 aliphatic carbocycles. The third-order valence-electron chi connectivity index (χ3n) is 1.48. The number of rotatable bonds is 0. The maximum atomic E-state index is 10.9. The van der Waals surface area contributed by atoms with Crippen LogP contribution in [-0.2, 0) is 0 Å². The minimum Gasteiger partial charge on any atom is -0.805 e. The van der Waals surface area contributed by atoms with Gasteiger partial charge in [-0.3, -0.25) is 0 Å². The maximum absolute atomic E-state index is 10.9. The Morgan fingerprint density at radius 1 is 1.45 bits per heavy atom. The van der Waals surface area contributed by atoms with Crippen LogP contribution in [0.5, 0.6) is 0 Å². The summed E-state index contributed by atoms with van der Waals surface area (Å²) in [4.78, 5) is 3.85. The molecule has 1 aromatic carbocycles. The first kappa shape index (κ1) is 6.49. The monoisotopic (exact) mass is 167 g/mol. The van der Waals surface area contributed by atoms with Crippen molar-refractivity contribution in [2.75, 3.05) is 0 Å². The van der Waals surface area contributed by atoms with E-state index < -0.39 is 0 Å². The van der Waals surface area contributed by atoms with Crippen molar-refractivity contribution in [2.24, 2.45) is 0 Å². The highest BCUT2D eigenvalue weighted by Gasteiger charge is 1.96. The summed E-state index contributed by atoms with van der Waals surface area (Å²) >= 11 is 5.67. The summed E-state index contributed by atoms with van der Waals surface area (Å²) in [6, 6.07) is 5.01. The Bertz CT molecular complexity index is 396. The highest BCUT2D eigenvalue weighted by atomic mass is 35.5. The second-order valence-electron chi connectivity index (χ2n) is 2.20. The van der Waals surface area contributed by atoms with Crippen LogP contribution in [0.4, 0.5) is 0 Å². The molecule has 0 saturated carbocycles. The third kappa shape index (κ3) is 0.935. The van der Waals surface area contributed by atoms with E-state index in [0.29, 0.717) is 20.8 Å². The second kappa shape index (κ2) is 2.13. The summed E-state index contributed by atoms with van der Waals surface area (Å²) in [6.07, 6.45) is 1.22. The molecule has 0 spiro atoms. The summed E-state index contributed by atoms with van der Waals surface area (Å²) in [5, 5.41) is 11.5.